The zero-order valence-corrected chi connectivity index (χ0v) is 16.1. The third-order valence-corrected chi connectivity index (χ3v) is 3.04. The number of rotatable bonds is 3. The van der Waals surface area contributed by atoms with Crippen LogP contribution in [0, 0.1) is 18.3 Å². The van der Waals surface area contributed by atoms with E-state index in [4.69, 9.17) is 5.26 Å². The van der Waals surface area contributed by atoms with Gasteiger partial charge in [0.2, 0.25) is 5.91 Å². The fourth-order valence-corrected chi connectivity index (χ4v) is 1.95. The lowest BCUT2D eigenvalue weighted by molar-refractivity contribution is -0.121. The molecule has 0 unspecified atom stereocenters. The Morgan fingerprint density at radius 3 is 2.12 bits per heavy atom. The van der Waals surface area contributed by atoms with Crippen molar-refractivity contribution in [2.24, 2.45) is 0 Å². The summed E-state index contributed by atoms with van der Waals surface area (Å²) in [6, 6.07) is 15.7. The number of nitrogens with zero attached hydrogens (tertiary/aromatic N) is 1. The SMILES string of the molecule is CC.CC.Cc1cccc(CC(=O)NNC(=O)c2ccc(C#N)cc2)c1. The first kappa shape index (κ1) is 22.9. The van der Waals surface area contributed by atoms with E-state index in [1.165, 1.54) is 12.1 Å². The van der Waals surface area contributed by atoms with E-state index in [1.807, 2.05) is 65.0 Å². The molecule has 2 N–H and O–H groups in total. The number of amides is 2. The second-order valence-electron chi connectivity index (χ2n) is 4.86. The van der Waals surface area contributed by atoms with Crippen molar-refractivity contribution in [1.82, 2.24) is 10.9 Å². The Kier molecular flexibility index (Phi) is 11.6. The summed E-state index contributed by atoms with van der Waals surface area (Å²) in [6.45, 7) is 9.95. The van der Waals surface area contributed by atoms with Gasteiger partial charge in [-0.1, -0.05) is 57.5 Å². The molecule has 0 spiro atoms. The lowest BCUT2D eigenvalue weighted by atomic mass is 10.1. The molecule has 0 heterocycles. The quantitative estimate of drug-likeness (QED) is 0.821. The van der Waals surface area contributed by atoms with Gasteiger partial charge in [0, 0.05) is 5.56 Å². The van der Waals surface area contributed by atoms with E-state index in [9.17, 15) is 9.59 Å². The molecule has 0 radical (unpaired) electrons. The second kappa shape index (κ2) is 13.2. The van der Waals surface area contributed by atoms with Gasteiger partial charge in [-0.15, -0.1) is 0 Å². The normalized spacial score (nSPS) is 8.62. The summed E-state index contributed by atoms with van der Waals surface area (Å²) in [5, 5.41) is 8.70. The smallest absolute Gasteiger partial charge is 0.269 e. The largest absolute Gasteiger partial charge is 0.273 e. The predicted molar refractivity (Wildman–Crippen MR) is 104 cm³/mol. The van der Waals surface area contributed by atoms with Crippen LogP contribution in [-0.4, -0.2) is 11.8 Å². The number of hydrogen-bond donors (Lipinski definition) is 2. The predicted octanol–water partition coefficient (Wildman–Crippen LogP) is 3.92. The minimum absolute atomic E-state index is 0.190. The summed E-state index contributed by atoms with van der Waals surface area (Å²) >= 11 is 0. The third-order valence-electron chi connectivity index (χ3n) is 3.04. The van der Waals surface area contributed by atoms with Gasteiger partial charge < -0.3 is 0 Å². The molecule has 0 aromatic heterocycles. The van der Waals surface area contributed by atoms with E-state index >= 15 is 0 Å². The van der Waals surface area contributed by atoms with Crippen molar-refractivity contribution >= 4 is 11.8 Å². The van der Waals surface area contributed by atoms with E-state index in [-0.39, 0.29) is 12.3 Å². The number of benzene rings is 2. The zero-order valence-electron chi connectivity index (χ0n) is 16.1. The number of carbonyl (C=O) groups is 2. The standard InChI is InChI=1S/C17H15N3O2.2C2H6/c1-12-3-2-4-14(9-12)10-16(21)19-20-17(22)15-7-5-13(11-18)6-8-15;2*1-2/h2-9H,10H2,1H3,(H,19,21)(H,20,22);2*1-2H3. The first-order chi connectivity index (χ1) is 12.6. The Morgan fingerprint density at radius 1 is 0.962 bits per heavy atom. The second-order valence-corrected chi connectivity index (χ2v) is 4.86. The summed E-state index contributed by atoms with van der Waals surface area (Å²) in [4.78, 5) is 23.6. The molecule has 0 saturated heterocycles. The first-order valence-corrected chi connectivity index (χ1v) is 8.73. The molecule has 5 nitrogen and oxygen atoms in total. The van der Waals surface area contributed by atoms with Crippen molar-refractivity contribution in [1.29, 1.82) is 5.26 Å². The lowest BCUT2D eigenvalue weighted by Gasteiger charge is -2.08. The Labute approximate surface area is 156 Å². The van der Waals surface area contributed by atoms with Crippen LogP contribution in [0.15, 0.2) is 48.5 Å². The van der Waals surface area contributed by atoms with Crippen LogP contribution in [0.2, 0.25) is 0 Å². The molecule has 0 atom stereocenters. The van der Waals surface area contributed by atoms with Crippen molar-refractivity contribution in [3.8, 4) is 6.07 Å². The average molecular weight is 353 g/mol. The van der Waals surface area contributed by atoms with Gasteiger partial charge in [-0.25, -0.2) is 0 Å². The van der Waals surface area contributed by atoms with E-state index in [2.05, 4.69) is 10.9 Å². The molecule has 26 heavy (non-hydrogen) atoms. The van der Waals surface area contributed by atoms with Crippen molar-refractivity contribution in [3.05, 3.63) is 70.8 Å². The summed E-state index contributed by atoms with van der Waals surface area (Å²) in [5.74, 6) is -0.727. The van der Waals surface area contributed by atoms with Crippen molar-refractivity contribution < 1.29 is 9.59 Å². The lowest BCUT2D eigenvalue weighted by Crippen LogP contribution is -2.42. The molecule has 2 aromatic carbocycles. The van der Waals surface area contributed by atoms with Gasteiger partial charge in [-0.3, -0.25) is 20.4 Å². The molecule has 0 saturated carbocycles. The van der Waals surface area contributed by atoms with Crippen LogP contribution in [0.4, 0.5) is 0 Å². The van der Waals surface area contributed by atoms with Crippen molar-refractivity contribution in [2.45, 2.75) is 41.0 Å². The minimum atomic E-state index is -0.429. The maximum Gasteiger partial charge on any atom is 0.269 e. The summed E-state index contributed by atoms with van der Waals surface area (Å²) in [5.41, 5.74) is 7.52. The first-order valence-electron chi connectivity index (χ1n) is 8.73. The number of nitriles is 1. The molecule has 138 valence electrons. The monoisotopic (exact) mass is 353 g/mol. The van der Waals surface area contributed by atoms with Gasteiger partial charge in [0.1, 0.15) is 0 Å². The van der Waals surface area contributed by atoms with Crippen LogP contribution in [0.5, 0.6) is 0 Å². The summed E-state index contributed by atoms with van der Waals surface area (Å²) in [6.07, 6.45) is 0.190. The van der Waals surface area contributed by atoms with Gasteiger partial charge in [-0.05, 0) is 36.8 Å². The van der Waals surface area contributed by atoms with E-state index in [0.717, 1.165) is 11.1 Å². The Balaban J connectivity index is 0.00000146. The van der Waals surface area contributed by atoms with E-state index in [0.29, 0.717) is 11.1 Å². The van der Waals surface area contributed by atoms with Crippen LogP contribution in [0.3, 0.4) is 0 Å². The fourth-order valence-electron chi connectivity index (χ4n) is 1.95. The molecular weight excluding hydrogens is 326 g/mol. The number of carbonyl (C=O) groups excluding carboxylic acids is 2. The van der Waals surface area contributed by atoms with Crippen LogP contribution in [-0.2, 0) is 11.2 Å². The van der Waals surface area contributed by atoms with E-state index < -0.39 is 5.91 Å². The average Bonchev–Trinajstić information content (AvgIpc) is 2.69. The topological polar surface area (TPSA) is 82.0 Å². The van der Waals surface area contributed by atoms with Crippen LogP contribution < -0.4 is 10.9 Å². The maximum atomic E-state index is 11.8. The van der Waals surface area contributed by atoms with Crippen molar-refractivity contribution in [2.75, 3.05) is 0 Å². The van der Waals surface area contributed by atoms with Gasteiger partial charge in [0.25, 0.3) is 5.91 Å². The number of hydrogen-bond acceptors (Lipinski definition) is 3. The molecular formula is C21H27N3O2. The molecule has 0 fully saturated rings. The van der Waals surface area contributed by atoms with Gasteiger partial charge in [0.05, 0.1) is 18.1 Å². The molecule has 2 aromatic rings. The minimum Gasteiger partial charge on any atom is -0.273 e. The fraction of sp³-hybridized carbons (Fsp3) is 0.286. The van der Waals surface area contributed by atoms with Crippen LogP contribution in [0.25, 0.3) is 0 Å². The zero-order chi connectivity index (χ0) is 19.9. The molecule has 2 rings (SSSR count). The highest BCUT2D eigenvalue weighted by Gasteiger charge is 2.08. The Hall–Kier alpha value is -3.13. The molecule has 0 bridgehead atoms. The molecule has 2 amide bonds. The van der Waals surface area contributed by atoms with E-state index in [1.54, 1.807) is 12.1 Å². The van der Waals surface area contributed by atoms with Crippen LogP contribution in [0.1, 0.15) is 54.7 Å². The van der Waals surface area contributed by atoms with Gasteiger partial charge in [0.15, 0.2) is 0 Å². The van der Waals surface area contributed by atoms with Gasteiger partial charge >= 0.3 is 0 Å². The highest BCUT2D eigenvalue weighted by molar-refractivity contribution is 5.95. The molecule has 5 heteroatoms. The highest BCUT2D eigenvalue weighted by atomic mass is 16.2. The number of aryl methyl sites for hydroxylation is 1. The third kappa shape index (κ3) is 8.11. The number of nitrogens with one attached hydrogen (secondary N) is 2. The number of hydrazine groups is 1. The highest BCUT2D eigenvalue weighted by Crippen LogP contribution is 2.05. The van der Waals surface area contributed by atoms with Crippen LogP contribution >= 0.6 is 0 Å². The molecule has 0 aliphatic rings. The maximum absolute atomic E-state index is 11.8. The Morgan fingerprint density at radius 2 is 1.58 bits per heavy atom. The molecule has 0 aliphatic heterocycles. The summed E-state index contributed by atoms with van der Waals surface area (Å²) < 4.78 is 0. The van der Waals surface area contributed by atoms with Gasteiger partial charge in [-0.2, -0.15) is 5.26 Å². The van der Waals surface area contributed by atoms with Crippen molar-refractivity contribution in [3.63, 3.8) is 0 Å². The molecule has 0 aliphatic carbocycles. The summed E-state index contributed by atoms with van der Waals surface area (Å²) in [7, 11) is 0. The Bertz CT molecular complexity index is 732.